The van der Waals surface area contributed by atoms with Crippen molar-refractivity contribution < 1.29 is 4.79 Å². The summed E-state index contributed by atoms with van der Waals surface area (Å²) < 4.78 is 1.64. The van der Waals surface area contributed by atoms with Crippen molar-refractivity contribution in [3.05, 3.63) is 22.7 Å². The molecule has 7 nitrogen and oxygen atoms in total. The second-order valence-corrected chi connectivity index (χ2v) is 8.20. The van der Waals surface area contributed by atoms with E-state index >= 15 is 0 Å². The molecule has 0 aliphatic carbocycles. The summed E-state index contributed by atoms with van der Waals surface area (Å²) in [5.41, 5.74) is 2.22. The average Bonchev–Trinajstić information content (AvgIpc) is 3.28. The van der Waals surface area contributed by atoms with Gasteiger partial charge >= 0.3 is 0 Å². The summed E-state index contributed by atoms with van der Waals surface area (Å²) in [6.07, 6.45) is 5.01. The molecular formula is C18H26N6OS. The van der Waals surface area contributed by atoms with Crippen molar-refractivity contribution in [2.75, 3.05) is 26.2 Å². The number of carbonyl (C=O) groups excluding carboxylic acids is 1. The van der Waals surface area contributed by atoms with Crippen LogP contribution in [0.3, 0.4) is 0 Å². The van der Waals surface area contributed by atoms with Gasteiger partial charge < -0.3 is 15.5 Å². The zero-order chi connectivity index (χ0) is 17.9. The number of carbonyl (C=O) groups is 1. The molecule has 4 rings (SSSR count). The molecule has 2 aliphatic heterocycles. The topological polar surface area (TPSA) is 75.1 Å². The lowest BCUT2D eigenvalue weighted by Crippen LogP contribution is -2.45. The third kappa shape index (κ3) is 3.97. The minimum absolute atomic E-state index is 0.0195. The molecule has 140 valence electrons. The number of nitrogens with zero attached hydrogens (tertiary/aromatic N) is 4. The summed E-state index contributed by atoms with van der Waals surface area (Å²) in [7, 11) is 0. The van der Waals surface area contributed by atoms with Crippen LogP contribution in [0.2, 0.25) is 0 Å². The van der Waals surface area contributed by atoms with Crippen molar-refractivity contribution in [1.82, 2.24) is 30.5 Å². The molecule has 0 unspecified atom stereocenters. The Bertz CT molecular complexity index is 738. The smallest absolute Gasteiger partial charge is 0.242 e. The Kier molecular flexibility index (Phi) is 5.33. The molecule has 1 fully saturated rings. The van der Waals surface area contributed by atoms with E-state index < -0.39 is 0 Å². The maximum Gasteiger partial charge on any atom is 0.242 e. The van der Waals surface area contributed by atoms with Gasteiger partial charge in [0.15, 0.2) is 0 Å². The molecule has 26 heavy (non-hydrogen) atoms. The van der Waals surface area contributed by atoms with Gasteiger partial charge in [0.2, 0.25) is 5.91 Å². The normalized spacial score (nSPS) is 18.7. The van der Waals surface area contributed by atoms with Crippen LogP contribution >= 0.6 is 11.3 Å². The second-order valence-electron chi connectivity index (χ2n) is 7.06. The molecule has 2 N–H and O–H groups in total. The molecule has 2 aromatic heterocycles. The van der Waals surface area contributed by atoms with Gasteiger partial charge in [-0.05, 0) is 37.4 Å². The van der Waals surface area contributed by atoms with Gasteiger partial charge in [-0.3, -0.25) is 4.79 Å². The largest absolute Gasteiger partial charge is 0.352 e. The molecule has 0 bridgehead atoms. The van der Waals surface area contributed by atoms with Crippen LogP contribution in [0.15, 0.2) is 12.3 Å². The first-order chi connectivity index (χ1) is 12.7. The summed E-state index contributed by atoms with van der Waals surface area (Å²) in [5.74, 6) is 0.0195. The number of piperidine rings is 1. The van der Waals surface area contributed by atoms with Crippen molar-refractivity contribution in [2.24, 2.45) is 0 Å². The highest BCUT2D eigenvalue weighted by molar-refractivity contribution is 7.15. The number of amides is 1. The van der Waals surface area contributed by atoms with Crippen molar-refractivity contribution in [3.63, 3.8) is 0 Å². The molecule has 0 atom stereocenters. The third-order valence-corrected chi connectivity index (χ3v) is 6.50. The Morgan fingerprint density at radius 2 is 2.27 bits per heavy atom. The average molecular weight is 375 g/mol. The van der Waals surface area contributed by atoms with Gasteiger partial charge in [-0.25, -0.2) is 4.68 Å². The van der Waals surface area contributed by atoms with Gasteiger partial charge in [0.05, 0.1) is 11.1 Å². The minimum Gasteiger partial charge on any atom is -0.352 e. The van der Waals surface area contributed by atoms with E-state index in [1.54, 1.807) is 16.0 Å². The standard InChI is InChI=1S/C18H26N6OS/c1-2-23-7-4-14(5-8-23)20-18(25)12-24-11-15(21-22-24)17-9-13-10-19-6-3-16(13)26-17/h9,11,14,19H,2-8,10,12H2,1H3,(H,20,25). The number of nitrogens with one attached hydrogen (secondary N) is 2. The van der Waals surface area contributed by atoms with E-state index in [0.29, 0.717) is 0 Å². The van der Waals surface area contributed by atoms with Gasteiger partial charge in [0, 0.05) is 37.1 Å². The van der Waals surface area contributed by atoms with Crippen LogP contribution in [0.4, 0.5) is 0 Å². The molecule has 0 spiro atoms. The number of aromatic nitrogens is 3. The van der Waals surface area contributed by atoms with Crippen LogP contribution in [-0.4, -0.2) is 58.0 Å². The third-order valence-electron chi connectivity index (χ3n) is 5.24. The molecule has 0 radical (unpaired) electrons. The highest BCUT2D eigenvalue weighted by Crippen LogP contribution is 2.31. The number of hydrogen-bond donors (Lipinski definition) is 2. The predicted octanol–water partition coefficient (Wildman–Crippen LogP) is 1.25. The molecule has 2 aromatic rings. The van der Waals surface area contributed by atoms with E-state index in [9.17, 15) is 4.79 Å². The number of rotatable bonds is 5. The summed E-state index contributed by atoms with van der Waals surface area (Å²) in [5, 5.41) is 14.9. The molecule has 4 heterocycles. The van der Waals surface area contributed by atoms with Crippen LogP contribution in [0.25, 0.3) is 10.6 Å². The second kappa shape index (κ2) is 7.85. The van der Waals surface area contributed by atoms with E-state index in [4.69, 9.17) is 0 Å². The number of likely N-dealkylation sites (tertiary alicyclic amines) is 1. The molecule has 2 aliphatic rings. The maximum atomic E-state index is 12.3. The Labute approximate surface area is 157 Å². The first kappa shape index (κ1) is 17.6. The zero-order valence-corrected chi connectivity index (χ0v) is 16.0. The summed E-state index contributed by atoms with van der Waals surface area (Å²) in [6.45, 7) is 7.59. The predicted molar refractivity (Wildman–Crippen MR) is 102 cm³/mol. The van der Waals surface area contributed by atoms with E-state index in [1.165, 1.54) is 10.4 Å². The number of hydrogen-bond acceptors (Lipinski definition) is 6. The van der Waals surface area contributed by atoms with Gasteiger partial charge in [-0.1, -0.05) is 12.1 Å². The fraction of sp³-hybridized carbons (Fsp3) is 0.611. The molecular weight excluding hydrogens is 348 g/mol. The lowest BCUT2D eigenvalue weighted by molar-refractivity contribution is -0.122. The van der Waals surface area contributed by atoms with Crippen LogP contribution in [0, 0.1) is 0 Å². The Morgan fingerprint density at radius 1 is 1.42 bits per heavy atom. The van der Waals surface area contributed by atoms with Crippen LogP contribution in [0.5, 0.6) is 0 Å². The SMILES string of the molecule is CCN1CCC(NC(=O)Cn2cc(-c3cc4c(s3)CCNC4)nn2)CC1. The summed E-state index contributed by atoms with van der Waals surface area (Å²) in [4.78, 5) is 17.3. The van der Waals surface area contributed by atoms with E-state index in [2.05, 4.69) is 38.8 Å². The Balaban J connectivity index is 1.33. The van der Waals surface area contributed by atoms with Crippen LogP contribution in [-0.2, 0) is 24.3 Å². The van der Waals surface area contributed by atoms with Crippen molar-refractivity contribution in [2.45, 2.75) is 45.3 Å². The van der Waals surface area contributed by atoms with Gasteiger partial charge in [-0.15, -0.1) is 16.4 Å². The van der Waals surface area contributed by atoms with Gasteiger partial charge in [0.1, 0.15) is 12.2 Å². The molecule has 0 saturated carbocycles. The van der Waals surface area contributed by atoms with Crippen LogP contribution < -0.4 is 10.6 Å². The molecule has 1 amide bonds. The maximum absolute atomic E-state index is 12.3. The summed E-state index contributed by atoms with van der Waals surface area (Å²) >= 11 is 1.79. The Morgan fingerprint density at radius 3 is 3.04 bits per heavy atom. The van der Waals surface area contributed by atoms with E-state index in [1.807, 2.05) is 6.20 Å². The molecule has 0 aromatic carbocycles. The lowest BCUT2D eigenvalue weighted by atomic mass is 10.1. The lowest BCUT2D eigenvalue weighted by Gasteiger charge is -2.31. The highest BCUT2D eigenvalue weighted by atomic mass is 32.1. The zero-order valence-electron chi connectivity index (χ0n) is 15.2. The highest BCUT2D eigenvalue weighted by Gasteiger charge is 2.20. The Hall–Kier alpha value is -1.77. The first-order valence-corrected chi connectivity index (χ1v) is 10.3. The first-order valence-electron chi connectivity index (χ1n) is 9.46. The number of fused-ring (bicyclic) bond motifs is 1. The molecule has 8 heteroatoms. The fourth-order valence-electron chi connectivity index (χ4n) is 3.68. The summed E-state index contributed by atoms with van der Waals surface area (Å²) in [6, 6.07) is 2.48. The van der Waals surface area contributed by atoms with Gasteiger partial charge in [-0.2, -0.15) is 0 Å². The number of thiophene rings is 1. The van der Waals surface area contributed by atoms with E-state index in [0.717, 1.165) is 62.6 Å². The van der Waals surface area contributed by atoms with E-state index in [-0.39, 0.29) is 18.5 Å². The van der Waals surface area contributed by atoms with Gasteiger partial charge in [0.25, 0.3) is 0 Å². The van der Waals surface area contributed by atoms with Crippen molar-refractivity contribution in [3.8, 4) is 10.6 Å². The quantitative estimate of drug-likeness (QED) is 0.824. The fourth-order valence-corrected chi connectivity index (χ4v) is 4.81. The molecule has 1 saturated heterocycles. The van der Waals surface area contributed by atoms with Crippen molar-refractivity contribution >= 4 is 17.2 Å². The van der Waals surface area contributed by atoms with Crippen molar-refractivity contribution in [1.29, 1.82) is 0 Å². The monoisotopic (exact) mass is 374 g/mol. The van der Waals surface area contributed by atoms with Crippen LogP contribution in [0.1, 0.15) is 30.2 Å². The minimum atomic E-state index is 0.0195.